The van der Waals surface area contributed by atoms with E-state index in [0.717, 1.165) is 30.5 Å². The van der Waals surface area contributed by atoms with Crippen molar-refractivity contribution in [1.82, 2.24) is 4.98 Å². The van der Waals surface area contributed by atoms with Crippen molar-refractivity contribution in [3.63, 3.8) is 0 Å². The second-order valence-electron chi connectivity index (χ2n) is 8.03. The highest BCUT2D eigenvalue weighted by Gasteiger charge is 2.54. The van der Waals surface area contributed by atoms with Gasteiger partial charge in [-0.05, 0) is 42.6 Å². The Bertz CT molecular complexity index is 859. The Balaban J connectivity index is 1.47. The SMILES string of the molecule is CC(C)c1ccc(-c2csc(NC(=O)[C@H]3[C@H]4CC[C@@H](C4)[C@H]3C(=O)O)n2)cc1. The molecule has 1 aromatic carbocycles. The van der Waals surface area contributed by atoms with Gasteiger partial charge < -0.3 is 10.4 Å². The number of rotatable bonds is 5. The lowest BCUT2D eigenvalue weighted by Crippen LogP contribution is -2.37. The Labute approximate surface area is 162 Å². The van der Waals surface area contributed by atoms with E-state index in [1.807, 2.05) is 17.5 Å². The molecule has 6 heteroatoms. The zero-order chi connectivity index (χ0) is 19.1. The monoisotopic (exact) mass is 384 g/mol. The van der Waals surface area contributed by atoms with Gasteiger partial charge in [0.25, 0.3) is 0 Å². The Morgan fingerprint density at radius 2 is 1.81 bits per heavy atom. The molecule has 142 valence electrons. The van der Waals surface area contributed by atoms with Crippen molar-refractivity contribution in [1.29, 1.82) is 0 Å². The van der Waals surface area contributed by atoms with Gasteiger partial charge >= 0.3 is 5.97 Å². The van der Waals surface area contributed by atoms with Crippen LogP contribution in [-0.2, 0) is 9.59 Å². The summed E-state index contributed by atoms with van der Waals surface area (Å²) in [5.41, 5.74) is 3.12. The molecule has 5 nitrogen and oxygen atoms in total. The van der Waals surface area contributed by atoms with Gasteiger partial charge in [-0.25, -0.2) is 4.98 Å². The van der Waals surface area contributed by atoms with Crippen molar-refractivity contribution < 1.29 is 14.7 Å². The number of hydrogen-bond acceptors (Lipinski definition) is 4. The van der Waals surface area contributed by atoms with E-state index < -0.39 is 17.8 Å². The molecule has 2 bridgehead atoms. The van der Waals surface area contributed by atoms with Crippen LogP contribution in [0.25, 0.3) is 11.3 Å². The highest BCUT2D eigenvalue weighted by molar-refractivity contribution is 7.14. The smallest absolute Gasteiger partial charge is 0.307 e. The molecule has 2 N–H and O–H groups in total. The minimum Gasteiger partial charge on any atom is -0.481 e. The molecular formula is C21H24N2O3S. The number of aliphatic carboxylic acids is 1. The van der Waals surface area contributed by atoms with Crippen LogP contribution in [0.2, 0.25) is 0 Å². The van der Waals surface area contributed by atoms with Gasteiger partial charge in [-0.2, -0.15) is 0 Å². The molecule has 1 amide bonds. The Hall–Kier alpha value is -2.21. The summed E-state index contributed by atoms with van der Waals surface area (Å²) in [6, 6.07) is 8.30. The molecule has 2 saturated carbocycles. The van der Waals surface area contributed by atoms with Crippen LogP contribution in [0.5, 0.6) is 0 Å². The fourth-order valence-electron chi connectivity index (χ4n) is 4.72. The Morgan fingerprint density at radius 3 is 2.44 bits per heavy atom. The molecule has 0 aliphatic heterocycles. The number of fused-ring (bicyclic) bond motifs is 2. The number of carbonyl (C=O) groups excluding carboxylic acids is 1. The summed E-state index contributed by atoms with van der Waals surface area (Å²) in [6.45, 7) is 4.32. The first-order valence-electron chi connectivity index (χ1n) is 9.53. The van der Waals surface area contributed by atoms with E-state index in [1.165, 1.54) is 16.9 Å². The van der Waals surface area contributed by atoms with E-state index in [-0.39, 0.29) is 17.7 Å². The molecule has 0 spiro atoms. The molecule has 4 atom stereocenters. The Kier molecular flexibility index (Phi) is 4.76. The number of hydrogen-bond donors (Lipinski definition) is 2. The van der Waals surface area contributed by atoms with Gasteiger partial charge in [0.15, 0.2) is 5.13 Å². The normalized spacial score (nSPS) is 26.5. The van der Waals surface area contributed by atoms with Crippen molar-refractivity contribution in [2.45, 2.75) is 39.0 Å². The average molecular weight is 385 g/mol. The number of benzene rings is 1. The van der Waals surface area contributed by atoms with Crippen molar-refractivity contribution in [3.05, 3.63) is 35.2 Å². The molecule has 4 rings (SSSR count). The lowest BCUT2D eigenvalue weighted by Gasteiger charge is -2.26. The summed E-state index contributed by atoms with van der Waals surface area (Å²) in [5.74, 6) is -1.19. The number of carboxylic acid groups (broad SMARTS) is 1. The average Bonchev–Trinajstić information content (AvgIpc) is 3.37. The molecule has 1 heterocycles. The second kappa shape index (κ2) is 7.08. The molecule has 2 fully saturated rings. The molecular weight excluding hydrogens is 360 g/mol. The maximum atomic E-state index is 12.8. The van der Waals surface area contributed by atoms with Crippen molar-refractivity contribution in [2.24, 2.45) is 23.7 Å². The molecule has 27 heavy (non-hydrogen) atoms. The fourth-order valence-corrected chi connectivity index (χ4v) is 5.44. The van der Waals surface area contributed by atoms with Crippen LogP contribution in [0, 0.1) is 23.7 Å². The van der Waals surface area contributed by atoms with E-state index in [4.69, 9.17) is 0 Å². The molecule has 2 aliphatic carbocycles. The molecule has 1 aromatic heterocycles. The predicted octanol–water partition coefficient (Wildman–Crippen LogP) is 4.62. The van der Waals surface area contributed by atoms with Gasteiger partial charge in [0.2, 0.25) is 5.91 Å². The van der Waals surface area contributed by atoms with Gasteiger partial charge in [-0.3, -0.25) is 9.59 Å². The minimum atomic E-state index is -0.840. The van der Waals surface area contributed by atoms with E-state index in [2.05, 4.69) is 36.3 Å². The third kappa shape index (κ3) is 3.38. The number of carboxylic acids is 1. The van der Waals surface area contributed by atoms with E-state index in [9.17, 15) is 14.7 Å². The van der Waals surface area contributed by atoms with Gasteiger partial charge in [0.05, 0.1) is 17.5 Å². The van der Waals surface area contributed by atoms with E-state index >= 15 is 0 Å². The molecule has 2 aromatic rings. The number of carbonyl (C=O) groups is 2. The summed E-state index contributed by atoms with van der Waals surface area (Å²) in [5, 5.41) is 14.9. The maximum absolute atomic E-state index is 12.8. The third-order valence-corrected chi connectivity index (χ3v) is 6.87. The van der Waals surface area contributed by atoms with Gasteiger partial charge in [0, 0.05) is 10.9 Å². The number of nitrogens with one attached hydrogen (secondary N) is 1. The van der Waals surface area contributed by atoms with Crippen molar-refractivity contribution in [3.8, 4) is 11.3 Å². The summed E-state index contributed by atoms with van der Waals surface area (Å²) >= 11 is 1.38. The number of anilines is 1. The van der Waals surface area contributed by atoms with Crippen LogP contribution >= 0.6 is 11.3 Å². The molecule has 2 aliphatic rings. The summed E-state index contributed by atoms with van der Waals surface area (Å²) in [6.07, 6.45) is 2.75. The summed E-state index contributed by atoms with van der Waals surface area (Å²) < 4.78 is 0. The number of nitrogens with zero attached hydrogens (tertiary/aromatic N) is 1. The Morgan fingerprint density at radius 1 is 1.15 bits per heavy atom. The van der Waals surface area contributed by atoms with Crippen LogP contribution < -0.4 is 5.32 Å². The quantitative estimate of drug-likeness (QED) is 0.788. The first-order valence-corrected chi connectivity index (χ1v) is 10.4. The summed E-state index contributed by atoms with van der Waals surface area (Å²) in [7, 11) is 0. The van der Waals surface area contributed by atoms with Crippen molar-refractivity contribution >= 4 is 28.3 Å². The van der Waals surface area contributed by atoms with Crippen LogP contribution in [0.4, 0.5) is 5.13 Å². The lowest BCUT2D eigenvalue weighted by atomic mass is 9.79. The third-order valence-electron chi connectivity index (χ3n) is 6.11. The largest absolute Gasteiger partial charge is 0.481 e. The predicted molar refractivity (Wildman–Crippen MR) is 106 cm³/mol. The maximum Gasteiger partial charge on any atom is 0.307 e. The lowest BCUT2D eigenvalue weighted by molar-refractivity contribution is -0.148. The topological polar surface area (TPSA) is 79.3 Å². The standard InChI is InChI=1S/C21H24N2O3S/c1-11(2)12-3-5-13(6-4-12)16-10-27-21(22-16)23-19(24)17-14-7-8-15(9-14)18(17)20(25)26/h3-6,10-11,14-15,17-18H,7-9H2,1-2H3,(H,25,26)(H,22,23,24)/t14-,15-,17-,18+/m0/s1. The van der Waals surface area contributed by atoms with E-state index in [0.29, 0.717) is 11.0 Å². The number of aromatic nitrogens is 1. The fraction of sp³-hybridized carbons (Fsp3) is 0.476. The first-order chi connectivity index (χ1) is 12.9. The van der Waals surface area contributed by atoms with E-state index in [1.54, 1.807) is 0 Å². The van der Waals surface area contributed by atoms with Gasteiger partial charge in [-0.15, -0.1) is 11.3 Å². The number of thiazole rings is 1. The van der Waals surface area contributed by atoms with Crippen LogP contribution in [0.3, 0.4) is 0 Å². The highest BCUT2D eigenvalue weighted by atomic mass is 32.1. The van der Waals surface area contributed by atoms with Gasteiger partial charge in [-0.1, -0.05) is 38.1 Å². The minimum absolute atomic E-state index is 0.148. The van der Waals surface area contributed by atoms with Gasteiger partial charge in [0.1, 0.15) is 0 Å². The zero-order valence-corrected chi connectivity index (χ0v) is 16.3. The molecule has 0 unspecified atom stereocenters. The second-order valence-corrected chi connectivity index (χ2v) is 8.88. The first kappa shape index (κ1) is 18.2. The molecule has 0 radical (unpaired) electrons. The van der Waals surface area contributed by atoms with Crippen molar-refractivity contribution in [2.75, 3.05) is 5.32 Å². The van der Waals surface area contributed by atoms with Crippen LogP contribution in [0.15, 0.2) is 29.6 Å². The molecule has 0 saturated heterocycles. The van der Waals surface area contributed by atoms with Crippen LogP contribution in [-0.4, -0.2) is 22.0 Å². The van der Waals surface area contributed by atoms with Crippen LogP contribution in [0.1, 0.15) is 44.6 Å². The summed E-state index contributed by atoms with van der Waals surface area (Å²) in [4.78, 5) is 28.9. The zero-order valence-electron chi connectivity index (χ0n) is 15.5. The number of amides is 1. The highest BCUT2D eigenvalue weighted by Crippen LogP contribution is 2.52.